The van der Waals surface area contributed by atoms with Crippen molar-refractivity contribution in [2.75, 3.05) is 13.7 Å². The van der Waals surface area contributed by atoms with E-state index in [0.717, 1.165) is 0 Å². The number of amides is 1. The van der Waals surface area contributed by atoms with Crippen molar-refractivity contribution in [3.05, 3.63) is 99.6 Å². The summed E-state index contributed by atoms with van der Waals surface area (Å²) in [4.78, 5) is 39.8. The molecule has 190 valence electrons. The van der Waals surface area contributed by atoms with Gasteiger partial charge in [0.15, 0.2) is 0 Å². The fourth-order valence-corrected chi connectivity index (χ4v) is 4.36. The Morgan fingerprint density at radius 2 is 1.65 bits per heavy atom. The van der Waals surface area contributed by atoms with Gasteiger partial charge in [-0.2, -0.15) is 0 Å². The zero-order chi connectivity index (χ0) is 26.7. The lowest BCUT2D eigenvalue weighted by Gasteiger charge is -2.25. The number of ether oxygens (including phenoxy) is 2. The Kier molecular flexibility index (Phi) is 7.50. The number of aliphatic hydroxyl groups is 1. The number of nitrogens with zero attached hydrogens (tertiary/aromatic N) is 1. The van der Waals surface area contributed by atoms with Gasteiger partial charge in [-0.3, -0.25) is 9.59 Å². The predicted octanol–water partition coefficient (Wildman–Crippen LogP) is 4.85. The van der Waals surface area contributed by atoms with Crippen molar-refractivity contribution in [1.82, 2.24) is 4.90 Å². The van der Waals surface area contributed by atoms with Gasteiger partial charge in [-0.25, -0.2) is 4.79 Å². The first kappa shape index (κ1) is 25.8. The van der Waals surface area contributed by atoms with Crippen molar-refractivity contribution in [2.24, 2.45) is 0 Å². The van der Waals surface area contributed by atoms with Crippen LogP contribution in [0.3, 0.4) is 0 Å². The highest BCUT2D eigenvalue weighted by Crippen LogP contribution is 2.41. The van der Waals surface area contributed by atoms with Crippen molar-refractivity contribution >= 4 is 35.0 Å². The molecule has 1 unspecified atom stereocenters. The fraction of sp³-hybridized carbons (Fsp3) is 0.179. The number of likely N-dealkylation sites (tertiary alicyclic amines) is 1. The maximum absolute atomic E-state index is 13.2. The third kappa shape index (κ3) is 5.15. The molecular formula is C28H24ClNO7. The second-order valence-electron chi connectivity index (χ2n) is 8.29. The number of aliphatic hydroxyl groups excluding tert-OH is 1. The van der Waals surface area contributed by atoms with E-state index in [2.05, 4.69) is 0 Å². The Morgan fingerprint density at radius 1 is 1.00 bits per heavy atom. The van der Waals surface area contributed by atoms with Gasteiger partial charge in [-0.05, 0) is 60.5 Å². The molecule has 1 atom stereocenters. The second-order valence-corrected chi connectivity index (χ2v) is 8.69. The summed E-state index contributed by atoms with van der Waals surface area (Å²) < 4.78 is 10.2. The first-order valence-electron chi connectivity index (χ1n) is 11.4. The minimum atomic E-state index is -0.938. The molecule has 1 saturated heterocycles. The van der Waals surface area contributed by atoms with Gasteiger partial charge in [0.05, 0.1) is 35.9 Å². The molecule has 37 heavy (non-hydrogen) atoms. The SMILES string of the molecule is CCOC(=O)c1ccc(CN2C(=O)C(=O)/C(=C(\O)c3ccc(Cl)c(OC)c3)C2c2ccc(O)cc2)cc1. The molecule has 1 aliphatic heterocycles. The number of hydrogen-bond acceptors (Lipinski definition) is 7. The molecule has 0 radical (unpaired) electrons. The van der Waals surface area contributed by atoms with Crippen LogP contribution in [-0.4, -0.2) is 46.5 Å². The number of hydrogen-bond donors (Lipinski definition) is 2. The van der Waals surface area contributed by atoms with E-state index < -0.39 is 23.7 Å². The molecule has 1 fully saturated rings. The lowest BCUT2D eigenvalue weighted by Crippen LogP contribution is -2.29. The number of phenols is 1. The average molecular weight is 522 g/mol. The van der Waals surface area contributed by atoms with Gasteiger partial charge in [-0.15, -0.1) is 0 Å². The minimum Gasteiger partial charge on any atom is -0.508 e. The van der Waals surface area contributed by atoms with Gasteiger partial charge in [-0.1, -0.05) is 35.9 Å². The maximum Gasteiger partial charge on any atom is 0.338 e. The summed E-state index contributed by atoms with van der Waals surface area (Å²) in [6, 6.07) is 16.1. The molecule has 4 rings (SSSR count). The molecule has 0 spiro atoms. The van der Waals surface area contributed by atoms with E-state index in [0.29, 0.717) is 27.5 Å². The molecular weight excluding hydrogens is 498 g/mol. The molecule has 2 N–H and O–H groups in total. The van der Waals surface area contributed by atoms with Gasteiger partial charge in [0.2, 0.25) is 0 Å². The smallest absolute Gasteiger partial charge is 0.338 e. The second kappa shape index (κ2) is 10.8. The molecule has 1 aliphatic rings. The molecule has 1 heterocycles. The first-order valence-corrected chi connectivity index (χ1v) is 11.8. The summed E-state index contributed by atoms with van der Waals surface area (Å²) in [5, 5.41) is 21.3. The number of carbonyl (C=O) groups excluding carboxylic acids is 3. The Bertz CT molecular complexity index is 1380. The van der Waals surface area contributed by atoms with Crippen LogP contribution in [0.25, 0.3) is 5.76 Å². The van der Waals surface area contributed by atoms with E-state index in [1.165, 1.54) is 42.3 Å². The molecule has 0 aliphatic carbocycles. The van der Waals surface area contributed by atoms with Crippen LogP contribution < -0.4 is 4.74 Å². The lowest BCUT2D eigenvalue weighted by atomic mass is 9.95. The van der Waals surface area contributed by atoms with Crippen molar-refractivity contribution in [3.8, 4) is 11.5 Å². The van der Waals surface area contributed by atoms with Crippen LogP contribution in [0, 0.1) is 0 Å². The Labute approximate surface area is 218 Å². The average Bonchev–Trinajstić information content (AvgIpc) is 3.14. The first-order chi connectivity index (χ1) is 17.7. The number of rotatable bonds is 7. The van der Waals surface area contributed by atoms with E-state index >= 15 is 0 Å². The summed E-state index contributed by atoms with van der Waals surface area (Å²) in [5.41, 5.74) is 1.68. The fourth-order valence-electron chi connectivity index (χ4n) is 4.17. The molecule has 9 heteroatoms. The van der Waals surface area contributed by atoms with Crippen molar-refractivity contribution in [1.29, 1.82) is 0 Å². The van der Waals surface area contributed by atoms with E-state index in [9.17, 15) is 24.6 Å². The normalized spacial score (nSPS) is 16.6. The topological polar surface area (TPSA) is 113 Å². The standard InChI is InChI=1S/C28H24ClNO7/c1-3-37-28(35)18-6-4-16(5-7-18)15-30-24(17-8-11-20(31)12-9-17)23(26(33)27(30)34)25(32)19-10-13-21(29)22(14-19)36-2/h4-14,24,31-32H,3,15H2,1-2H3/b25-23-. The summed E-state index contributed by atoms with van der Waals surface area (Å²) in [7, 11) is 1.42. The number of phenolic OH excluding ortho intramolecular Hbond substituents is 1. The van der Waals surface area contributed by atoms with Gasteiger partial charge in [0, 0.05) is 12.1 Å². The number of aromatic hydroxyl groups is 1. The highest BCUT2D eigenvalue weighted by molar-refractivity contribution is 6.46. The Hall–Kier alpha value is -4.30. The molecule has 0 saturated carbocycles. The number of ketones is 1. The number of Topliss-reactive ketones (excluding diaryl/α,β-unsaturated/α-hetero) is 1. The van der Waals surface area contributed by atoms with E-state index in [1.54, 1.807) is 43.3 Å². The van der Waals surface area contributed by atoms with Crippen LogP contribution in [-0.2, 0) is 20.9 Å². The molecule has 0 bridgehead atoms. The third-order valence-electron chi connectivity index (χ3n) is 5.99. The van der Waals surface area contributed by atoms with Crippen LogP contribution in [0.15, 0.2) is 72.3 Å². The van der Waals surface area contributed by atoms with Crippen LogP contribution in [0.1, 0.15) is 40.0 Å². The maximum atomic E-state index is 13.2. The molecule has 0 aromatic heterocycles. The summed E-state index contributed by atoms with van der Waals surface area (Å²) in [5.74, 6) is -2.19. The number of benzene rings is 3. The number of esters is 1. The monoisotopic (exact) mass is 521 g/mol. The number of methoxy groups -OCH3 is 1. The third-order valence-corrected chi connectivity index (χ3v) is 6.30. The van der Waals surface area contributed by atoms with Gasteiger partial charge < -0.3 is 24.6 Å². The Balaban J connectivity index is 1.78. The zero-order valence-corrected chi connectivity index (χ0v) is 20.9. The van der Waals surface area contributed by atoms with Gasteiger partial charge in [0.25, 0.3) is 11.7 Å². The largest absolute Gasteiger partial charge is 0.508 e. The van der Waals surface area contributed by atoms with Crippen LogP contribution >= 0.6 is 11.6 Å². The van der Waals surface area contributed by atoms with Crippen molar-refractivity contribution in [3.63, 3.8) is 0 Å². The molecule has 8 nitrogen and oxygen atoms in total. The highest BCUT2D eigenvalue weighted by atomic mass is 35.5. The van der Waals surface area contributed by atoms with Crippen molar-refractivity contribution < 1.29 is 34.1 Å². The highest BCUT2D eigenvalue weighted by Gasteiger charge is 2.46. The predicted molar refractivity (Wildman–Crippen MR) is 136 cm³/mol. The minimum absolute atomic E-state index is 0.0118. The van der Waals surface area contributed by atoms with Crippen molar-refractivity contribution in [2.45, 2.75) is 19.5 Å². The summed E-state index contributed by atoms with van der Waals surface area (Å²) >= 11 is 6.11. The summed E-state index contributed by atoms with van der Waals surface area (Å²) in [6.07, 6.45) is 0. The van der Waals surface area contributed by atoms with E-state index in [1.807, 2.05) is 0 Å². The zero-order valence-electron chi connectivity index (χ0n) is 20.1. The molecule has 3 aromatic carbocycles. The summed E-state index contributed by atoms with van der Waals surface area (Å²) in [6.45, 7) is 1.99. The van der Waals surface area contributed by atoms with Crippen LogP contribution in [0.4, 0.5) is 0 Å². The van der Waals surface area contributed by atoms with E-state index in [4.69, 9.17) is 21.1 Å². The quantitative estimate of drug-likeness (QED) is 0.198. The van der Waals surface area contributed by atoms with E-state index in [-0.39, 0.29) is 35.8 Å². The Morgan fingerprint density at radius 3 is 2.27 bits per heavy atom. The number of carbonyl (C=O) groups is 3. The molecule has 3 aromatic rings. The molecule has 1 amide bonds. The van der Waals surface area contributed by atoms with Crippen LogP contribution in [0.2, 0.25) is 5.02 Å². The van der Waals surface area contributed by atoms with Gasteiger partial charge >= 0.3 is 5.97 Å². The lowest BCUT2D eigenvalue weighted by molar-refractivity contribution is -0.140. The van der Waals surface area contributed by atoms with Gasteiger partial charge in [0.1, 0.15) is 17.3 Å². The van der Waals surface area contributed by atoms with Crippen LogP contribution in [0.5, 0.6) is 11.5 Å². The number of halogens is 1.